The predicted octanol–water partition coefficient (Wildman–Crippen LogP) is 4.91. The van der Waals surface area contributed by atoms with Gasteiger partial charge in [-0.25, -0.2) is 0 Å². The van der Waals surface area contributed by atoms with Crippen LogP contribution in [0.25, 0.3) is 10.4 Å². The van der Waals surface area contributed by atoms with Gasteiger partial charge in [-0.15, -0.1) is 11.3 Å². The molecule has 7 nitrogen and oxygen atoms in total. The van der Waals surface area contributed by atoms with Crippen molar-refractivity contribution in [2.75, 3.05) is 6.54 Å². The average molecular weight is 510 g/mol. The molecular weight excluding hydrogens is 474 g/mol. The number of amides is 2. The van der Waals surface area contributed by atoms with Gasteiger partial charge >= 0.3 is 0 Å². The van der Waals surface area contributed by atoms with E-state index in [1.807, 2.05) is 34.6 Å². The first-order valence-electron chi connectivity index (χ1n) is 12.4. The summed E-state index contributed by atoms with van der Waals surface area (Å²) in [6, 6.07) is 9.18. The van der Waals surface area contributed by atoms with E-state index in [9.17, 15) is 14.7 Å². The number of rotatable bonds is 7. The molecule has 8 heteroatoms. The number of carbonyl (C=O) groups excluding carboxylic acids is 2. The van der Waals surface area contributed by atoms with Gasteiger partial charge < -0.3 is 19.8 Å². The van der Waals surface area contributed by atoms with Crippen molar-refractivity contribution in [3.8, 4) is 10.4 Å². The molecule has 2 N–H and O–H groups in total. The number of likely N-dealkylation sites (tertiary alicyclic amines) is 1. The number of benzene rings is 1. The summed E-state index contributed by atoms with van der Waals surface area (Å²) >= 11 is 1.72. The minimum atomic E-state index is -0.751. The molecule has 0 aliphatic carbocycles. The van der Waals surface area contributed by atoms with E-state index in [4.69, 9.17) is 4.52 Å². The summed E-state index contributed by atoms with van der Waals surface area (Å²) in [6.07, 6.45) is -0.542. The molecular formula is C28H35N3O4S. The van der Waals surface area contributed by atoms with Crippen LogP contribution in [-0.4, -0.2) is 45.7 Å². The number of hydrogen-bond donors (Lipinski definition) is 2. The normalized spacial score (nSPS) is 19.5. The fourth-order valence-electron chi connectivity index (χ4n) is 5.11. The monoisotopic (exact) mass is 509 g/mol. The predicted molar refractivity (Wildman–Crippen MR) is 141 cm³/mol. The number of aromatic nitrogens is 1. The van der Waals surface area contributed by atoms with E-state index in [1.54, 1.807) is 17.4 Å². The Balaban J connectivity index is 1.51. The largest absolute Gasteiger partial charge is 0.391 e. The highest BCUT2D eigenvalue weighted by atomic mass is 32.1. The minimum absolute atomic E-state index is 0.0571. The first-order chi connectivity index (χ1) is 17.1. The molecule has 1 saturated heterocycles. The van der Waals surface area contributed by atoms with E-state index < -0.39 is 18.1 Å². The van der Waals surface area contributed by atoms with Gasteiger partial charge in [0.1, 0.15) is 17.7 Å². The van der Waals surface area contributed by atoms with Crippen LogP contribution in [-0.2, 0) is 9.59 Å². The second kappa shape index (κ2) is 10.6. The summed E-state index contributed by atoms with van der Waals surface area (Å²) in [4.78, 5) is 29.7. The van der Waals surface area contributed by atoms with Gasteiger partial charge in [0.15, 0.2) is 0 Å². The molecule has 2 aromatic heterocycles. The Morgan fingerprint density at radius 2 is 1.89 bits per heavy atom. The highest BCUT2D eigenvalue weighted by Gasteiger charge is 2.43. The van der Waals surface area contributed by atoms with Gasteiger partial charge in [-0.1, -0.05) is 37.2 Å². The molecule has 2 amide bonds. The van der Waals surface area contributed by atoms with E-state index >= 15 is 0 Å². The van der Waals surface area contributed by atoms with Crippen LogP contribution in [0.1, 0.15) is 67.3 Å². The average Bonchev–Trinajstić information content (AvgIpc) is 3.53. The Bertz CT molecular complexity index is 1250. The molecule has 3 heterocycles. The maximum atomic E-state index is 13.6. The quantitative estimate of drug-likeness (QED) is 0.472. The number of aliphatic hydroxyl groups is 1. The molecule has 1 aliphatic heterocycles. The number of thiophene rings is 1. The van der Waals surface area contributed by atoms with E-state index in [0.717, 1.165) is 11.1 Å². The fourth-order valence-corrected chi connectivity index (χ4v) is 6.03. The Kier molecular flexibility index (Phi) is 7.66. The van der Waals surface area contributed by atoms with Crippen molar-refractivity contribution < 1.29 is 19.2 Å². The SMILES string of the molecule is Cc1cc([C@H](C(=O)N2C[C@H](O)C[C@H]2C(=O)N[C@@H](C)c2ccc(-c3sccc3C)cc2C)C(C)C)on1. The molecule has 1 fully saturated rings. The van der Waals surface area contributed by atoms with Crippen molar-refractivity contribution in [2.45, 2.75) is 72.1 Å². The molecule has 1 aliphatic rings. The van der Waals surface area contributed by atoms with Crippen molar-refractivity contribution in [2.24, 2.45) is 5.92 Å². The molecule has 0 unspecified atom stereocenters. The molecule has 192 valence electrons. The Morgan fingerprint density at radius 3 is 2.47 bits per heavy atom. The summed E-state index contributed by atoms with van der Waals surface area (Å²) in [5, 5.41) is 19.5. The Morgan fingerprint density at radius 1 is 1.14 bits per heavy atom. The Hall–Kier alpha value is -2.97. The summed E-state index contributed by atoms with van der Waals surface area (Å²) in [6.45, 7) is 11.9. The minimum Gasteiger partial charge on any atom is -0.391 e. The van der Waals surface area contributed by atoms with E-state index in [2.05, 4.69) is 47.0 Å². The van der Waals surface area contributed by atoms with Gasteiger partial charge in [0.25, 0.3) is 0 Å². The summed E-state index contributed by atoms with van der Waals surface area (Å²) in [5.41, 5.74) is 5.23. The van der Waals surface area contributed by atoms with Crippen molar-refractivity contribution >= 4 is 23.2 Å². The second-order valence-electron chi connectivity index (χ2n) is 10.2. The van der Waals surface area contributed by atoms with Crippen molar-refractivity contribution in [3.63, 3.8) is 0 Å². The molecule has 3 aromatic rings. The van der Waals surface area contributed by atoms with Crippen LogP contribution in [0.15, 0.2) is 40.2 Å². The van der Waals surface area contributed by atoms with Crippen molar-refractivity contribution in [1.82, 2.24) is 15.4 Å². The third-order valence-corrected chi connectivity index (χ3v) is 8.04. The number of aliphatic hydroxyl groups excluding tert-OH is 1. The van der Waals surface area contributed by atoms with Crippen LogP contribution >= 0.6 is 11.3 Å². The van der Waals surface area contributed by atoms with Crippen molar-refractivity contribution in [1.29, 1.82) is 0 Å². The van der Waals surface area contributed by atoms with Gasteiger partial charge in [0.2, 0.25) is 11.8 Å². The zero-order chi connectivity index (χ0) is 26.1. The zero-order valence-electron chi connectivity index (χ0n) is 21.7. The van der Waals surface area contributed by atoms with Gasteiger partial charge in [-0.3, -0.25) is 9.59 Å². The number of aryl methyl sites for hydroxylation is 3. The molecule has 0 spiro atoms. The van der Waals surface area contributed by atoms with Crippen LogP contribution in [0, 0.1) is 26.7 Å². The fraction of sp³-hybridized carbons (Fsp3) is 0.464. The third-order valence-electron chi connectivity index (χ3n) is 6.97. The third kappa shape index (κ3) is 5.25. The topological polar surface area (TPSA) is 95.7 Å². The highest BCUT2D eigenvalue weighted by molar-refractivity contribution is 7.13. The lowest BCUT2D eigenvalue weighted by Crippen LogP contribution is -2.48. The molecule has 4 rings (SSSR count). The van der Waals surface area contributed by atoms with E-state index in [-0.39, 0.29) is 36.7 Å². The van der Waals surface area contributed by atoms with Crippen LogP contribution in [0.5, 0.6) is 0 Å². The van der Waals surface area contributed by atoms with Crippen LogP contribution in [0.4, 0.5) is 0 Å². The maximum Gasteiger partial charge on any atom is 0.243 e. The van der Waals surface area contributed by atoms with Gasteiger partial charge in [0, 0.05) is 23.9 Å². The van der Waals surface area contributed by atoms with Crippen molar-refractivity contribution in [3.05, 3.63) is 63.9 Å². The summed E-state index contributed by atoms with van der Waals surface area (Å²) < 4.78 is 5.41. The van der Waals surface area contributed by atoms with Gasteiger partial charge in [-0.05, 0) is 67.3 Å². The molecule has 0 saturated carbocycles. The highest BCUT2D eigenvalue weighted by Crippen LogP contribution is 2.33. The number of nitrogens with one attached hydrogen (secondary N) is 1. The summed E-state index contributed by atoms with van der Waals surface area (Å²) in [7, 11) is 0. The molecule has 0 bridgehead atoms. The lowest BCUT2D eigenvalue weighted by molar-refractivity contribution is -0.141. The van der Waals surface area contributed by atoms with E-state index in [0.29, 0.717) is 11.5 Å². The van der Waals surface area contributed by atoms with Crippen LogP contribution in [0.3, 0.4) is 0 Å². The Labute approximate surface area is 216 Å². The first kappa shape index (κ1) is 26.1. The van der Waals surface area contributed by atoms with Gasteiger partial charge in [0.05, 0.1) is 17.8 Å². The lowest BCUT2D eigenvalue weighted by Gasteiger charge is -2.29. The van der Waals surface area contributed by atoms with Gasteiger partial charge in [-0.2, -0.15) is 0 Å². The van der Waals surface area contributed by atoms with Crippen LogP contribution in [0.2, 0.25) is 0 Å². The smallest absolute Gasteiger partial charge is 0.243 e. The number of carbonyl (C=O) groups is 2. The first-order valence-corrected chi connectivity index (χ1v) is 13.3. The second-order valence-corrected chi connectivity index (χ2v) is 11.1. The standard InChI is InChI=1S/C28H35N3O4S/c1-15(2)25(24-12-18(5)30-35-24)28(34)31-14-21(32)13-23(31)27(33)29-19(6)22-8-7-20(11-17(22)4)26-16(3)9-10-36-26/h7-12,15,19,21,23,25,32H,13-14H2,1-6H3,(H,29,33)/t19-,21+,23-,25+/m0/s1. The number of hydrogen-bond acceptors (Lipinski definition) is 6. The molecule has 1 aromatic carbocycles. The van der Waals surface area contributed by atoms with E-state index in [1.165, 1.54) is 20.9 Å². The molecule has 4 atom stereocenters. The number of nitrogens with zero attached hydrogens (tertiary/aromatic N) is 2. The maximum absolute atomic E-state index is 13.6. The molecule has 36 heavy (non-hydrogen) atoms. The van der Waals surface area contributed by atoms with Crippen LogP contribution < -0.4 is 5.32 Å². The lowest BCUT2D eigenvalue weighted by atomic mass is 9.91. The molecule has 0 radical (unpaired) electrons. The zero-order valence-corrected chi connectivity index (χ0v) is 22.6. The summed E-state index contributed by atoms with van der Waals surface area (Å²) in [5.74, 6) is -0.630. The number of β-amino-alcohol motifs (C(OH)–C–C–N with tert-alkyl or cyclic N) is 1.